The molecule has 19 heavy (non-hydrogen) atoms. The second-order valence-corrected chi connectivity index (χ2v) is 5.81. The van der Waals surface area contributed by atoms with Crippen molar-refractivity contribution in [2.75, 3.05) is 11.2 Å². The summed E-state index contributed by atoms with van der Waals surface area (Å²) < 4.78 is 24.0. The largest absolute Gasteiger partial charge is 0.397 e. The van der Waals surface area contributed by atoms with Crippen molar-refractivity contribution < 1.29 is 8.42 Å². The zero-order valence-electron chi connectivity index (χ0n) is 10.4. The number of sulfonamides is 1. The van der Waals surface area contributed by atoms with Gasteiger partial charge in [-0.25, -0.2) is 8.42 Å². The van der Waals surface area contributed by atoms with Crippen LogP contribution in [0.25, 0.3) is 0 Å². The standard InChI is InChI=1S/C13H15N3O2S/c1-10-6-8-11(9-7-10)19(17,18)16-15-13-5-3-2-4-12(13)14/h2-9,15-16H,14H2,1H3. The number of benzene rings is 2. The minimum absolute atomic E-state index is 0.195. The molecule has 2 aromatic carbocycles. The number of nitrogens with one attached hydrogen (secondary N) is 2. The molecule has 0 aliphatic rings. The first-order valence-electron chi connectivity index (χ1n) is 5.68. The number of rotatable bonds is 4. The molecule has 4 N–H and O–H groups in total. The molecule has 2 aromatic rings. The molecule has 0 aliphatic carbocycles. The van der Waals surface area contributed by atoms with E-state index in [1.807, 2.05) is 6.92 Å². The van der Waals surface area contributed by atoms with E-state index in [9.17, 15) is 8.42 Å². The summed E-state index contributed by atoms with van der Waals surface area (Å²) in [5.74, 6) is 0. The quantitative estimate of drug-likeness (QED) is 0.588. The van der Waals surface area contributed by atoms with Gasteiger partial charge in [0.1, 0.15) is 0 Å². The molecule has 0 spiro atoms. The summed E-state index contributed by atoms with van der Waals surface area (Å²) in [4.78, 5) is 2.49. The first-order chi connectivity index (χ1) is 8.99. The SMILES string of the molecule is Cc1ccc(S(=O)(=O)NNc2ccccc2N)cc1. The number of hydrazine groups is 1. The van der Waals surface area contributed by atoms with Gasteiger partial charge in [0.2, 0.25) is 0 Å². The lowest BCUT2D eigenvalue weighted by molar-refractivity contribution is 0.588. The van der Waals surface area contributed by atoms with Crippen LogP contribution in [-0.2, 0) is 10.0 Å². The zero-order valence-corrected chi connectivity index (χ0v) is 11.2. The fraction of sp³-hybridized carbons (Fsp3) is 0.0769. The van der Waals surface area contributed by atoms with E-state index in [0.717, 1.165) is 5.56 Å². The van der Waals surface area contributed by atoms with Gasteiger partial charge in [-0.15, -0.1) is 4.83 Å². The summed E-state index contributed by atoms with van der Waals surface area (Å²) in [6, 6.07) is 13.5. The number of para-hydroxylation sites is 2. The van der Waals surface area contributed by atoms with Crippen LogP contribution in [0.2, 0.25) is 0 Å². The zero-order chi connectivity index (χ0) is 13.9. The summed E-state index contributed by atoms with van der Waals surface area (Å²) in [7, 11) is -3.61. The molecule has 0 bridgehead atoms. The van der Waals surface area contributed by atoms with Crippen LogP contribution in [0, 0.1) is 6.92 Å². The van der Waals surface area contributed by atoms with Crippen LogP contribution in [0.15, 0.2) is 53.4 Å². The second-order valence-electron chi connectivity index (χ2n) is 4.13. The van der Waals surface area contributed by atoms with Crippen molar-refractivity contribution in [3.63, 3.8) is 0 Å². The van der Waals surface area contributed by atoms with Crippen molar-refractivity contribution in [2.24, 2.45) is 0 Å². The molecular formula is C13H15N3O2S. The number of hydrogen-bond donors (Lipinski definition) is 3. The maximum Gasteiger partial charge on any atom is 0.257 e. The van der Waals surface area contributed by atoms with E-state index in [1.165, 1.54) is 0 Å². The van der Waals surface area contributed by atoms with Gasteiger partial charge in [0.15, 0.2) is 0 Å². The van der Waals surface area contributed by atoms with Crippen molar-refractivity contribution in [2.45, 2.75) is 11.8 Å². The van der Waals surface area contributed by atoms with Gasteiger partial charge in [0.25, 0.3) is 10.0 Å². The van der Waals surface area contributed by atoms with Crippen LogP contribution in [-0.4, -0.2) is 8.42 Å². The Bertz CT molecular complexity index is 667. The van der Waals surface area contributed by atoms with Gasteiger partial charge < -0.3 is 11.2 Å². The molecule has 6 heteroatoms. The van der Waals surface area contributed by atoms with E-state index in [0.29, 0.717) is 11.4 Å². The minimum atomic E-state index is -3.61. The molecule has 2 rings (SSSR count). The van der Waals surface area contributed by atoms with Crippen LogP contribution >= 0.6 is 0 Å². The first kappa shape index (κ1) is 13.4. The topological polar surface area (TPSA) is 84.2 Å². The van der Waals surface area contributed by atoms with E-state index in [-0.39, 0.29) is 4.90 Å². The van der Waals surface area contributed by atoms with Gasteiger partial charge in [0.05, 0.1) is 16.3 Å². The Morgan fingerprint density at radius 3 is 2.26 bits per heavy atom. The van der Waals surface area contributed by atoms with Gasteiger partial charge in [0, 0.05) is 0 Å². The highest BCUT2D eigenvalue weighted by Gasteiger charge is 2.13. The Morgan fingerprint density at radius 2 is 1.63 bits per heavy atom. The van der Waals surface area contributed by atoms with Crippen LogP contribution in [0.5, 0.6) is 0 Å². The number of aryl methyl sites for hydroxylation is 1. The molecule has 5 nitrogen and oxygen atoms in total. The van der Waals surface area contributed by atoms with Crippen molar-refractivity contribution >= 4 is 21.4 Å². The summed E-state index contributed by atoms with van der Waals surface area (Å²) in [5.41, 5.74) is 10.3. The molecule has 0 unspecified atom stereocenters. The maximum absolute atomic E-state index is 12.0. The van der Waals surface area contributed by atoms with Crippen LogP contribution < -0.4 is 16.0 Å². The molecule has 100 valence electrons. The van der Waals surface area contributed by atoms with Gasteiger partial charge >= 0.3 is 0 Å². The molecule has 0 heterocycles. The molecule has 0 atom stereocenters. The van der Waals surface area contributed by atoms with Gasteiger partial charge in [-0.05, 0) is 31.2 Å². The van der Waals surface area contributed by atoms with Crippen molar-refractivity contribution in [1.29, 1.82) is 0 Å². The third-order valence-electron chi connectivity index (χ3n) is 2.61. The smallest absolute Gasteiger partial charge is 0.257 e. The van der Waals surface area contributed by atoms with Crippen molar-refractivity contribution in [1.82, 2.24) is 4.83 Å². The summed E-state index contributed by atoms with van der Waals surface area (Å²) >= 11 is 0. The van der Waals surface area contributed by atoms with Gasteiger partial charge in [-0.1, -0.05) is 29.8 Å². The third kappa shape index (κ3) is 3.24. The molecule has 0 amide bonds. The van der Waals surface area contributed by atoms with Crippen molar-refractivity contribution in [3.8, 4) is 0 Å². The van der Waals surface area contributed by atoms with Gasteiger partial charge in [-0.3, -0.25) is 0 Å². The van der Waals surface area contributed by atoms with E-state index >= 15 is 0 Å². The van der Waals surface area contributed by atoms with Crippen LogP contribution in [0.4, 0.5) is 11.4 Å². The highest BCUT2D eigenvalue weighted by atomic mass is 32.2. The maximum atomic E-state index is 12.0. The van der Waals surface area contributed by atoms with Crippen molar-refractivity contribution in [3.05, 3.63) is 54.1 Å². The molecule has 0 fully saturated rings. The Morgan fingerprint density at radius 1 is 1.00 bits per heavy atom. The lowest BCUT2D eigenvalue weighted by Crippen LogP contribution is -2.29. The highest BCUT2D eigenvalue weighted by molar-refractivity contribution is 7.89. The molecular weight excluding hydrogens is 262 g/mol. The number of nitrogens with two attached hydrogens (primary N) is 1. The Balaban J connectivity index is 2.14. The lowest BCUT2D eigenvalue weighted by atomic mass is 10.2. The average molecular weight is 277 g/mol. The van der Waals surface area contributed by atoms with E-state index in [1.54, 1.807) is 48.5 Å². The predicted octanol–water partition coefficient (Wildman–Crippen LogP) is 1.88. The first-order valence-corrected chi connectivity index (χ1v) is 7.16. The normalized spacial score (nSPS) is 11.2. The summed E-state index contributed by atoms with van der Waals surface area (Å²) in [6.45, 7) is 1.90. The van der Waals surface area contributed by atoms with Crippen LogP contribution in [0.1, 0.15) is 5.56 Å². The molecule has 0 radical (unpaired) electrons. The average Bonchev–Trinajstić information content (AvgIpc) is 2.38. The monoisotopic (exact) mass is 277 g/mol. The number of nitrogen functional groups attached to an aromatic ring is 1. The van der Waals surface area contributed by atoms with E-state index in [4.69, 9.17) is 5.73 Å². The summed E-state index contributed by atoms with van der Waals surface area (Å²) in [6.07, 6.45) is 0. The lowest BCUT2D eigenvalue weighted by Gasteiger charge is -2.11. The van der Waals surface area contributed by atoms with Gasteiger partial charge in [-0.2, -0.15) is 0 Å². The van der Waals surface area contributed by atoms with E-state index in [2.05, 4.69) is 10.3 Å². The molecule has 0 aliphatic heterocycles. The second kappa shape index (κ2) is 5.29. The highest BCUT2D eigenvalue weighted by Crippen LogP contribution is 2.16. The third-order valence-corrected chi connectivity index (χ3v) is 3.88. The number of hydrogen-bond acceptors (Lipinski definition) is 4. The fourth-order valence-corrected chi connectivity index (χ4v) is 2.37. The summed E-state index contributed by atoms with van der Waals surface area (Å²) in [5, 5.41) is 0. The Kier molecular flexibility index (Phi) is 3.73. The molecule has 0 aromatic heterocycles. The Labute approximate surface area is 112 Å². The predicted molar refractivity (Wildman–Crippen MR) is 76.0 cm³/mol. The minimum Gasteiger partial charge on any atom is -0.397 e. The van der Waals surface area contributed by atoms with Crippen LogP contribution in [0.3, 0.4) is 0 Å². The number of anilines is 2. The fourth-order valence-electron chi connectivity index (χ4n) is 1.51. The molecule has 0 saturated carbocycles. The molecule has 0 saturated heterocycles. The Hall–Kier alpha value is -2.05. The van der Waals surface area contributed by atoms with E-state index < -0.39 is 10.0 Å².